The van der Waals surface area contributed by atoms with E-state index in [9.17, 15) is 4.79 Å². The molecule has 1 unspecified atom stereocenters. The molecule has 1 N–H and O–H groups in total. The third-order valence-electron chi connectivity index (χ3n) is 3.49. The van der Waals surface area contributed by atoms with Gasteiger partial charge in [-0.05, 0) is 30.5 Å². The predicted octanol–water partition coefficient (Wildman–Crippen LogP) is 2.86. The molecule has 0 fully saturated rings. The van der Waals surface area contributed by atoms with Crippen LogP contribution in [0.5, 0.6) is 0 Å². The van der Waals surface area contributed by atoms with Crippen molar-refractivity contribution in [1.29, 1.82) is 5.26 Å². The van der Waals surface area contributed by atoms with Gasteiger partial charge in [0.1, 0.15) is 0 Å². The van der Waals surface area contributed by atoms with Crippen molar-refractivity contribution in [2.75, 3.05) is 5.32 Å². The fraction of sp³-hybridized carbons (Fsp3) is 0.250. The third-order valence-corrected chi connectivity index (χ3v) is 3.49. The topological polar surface area (TPSA) is 78.7 Å². The van der Waals surface area contributed by atoms with Crippen LogP contribution in [0.1, 0.15) is 35.0 Å². The van der Waals surface area contributed by atoms with Crippen molar-refractivity contribution in [2.45, 2.75) is 19.8 Å². The van der Waals surface area contributed by atoms with E-state index in [1.807, 2.05) is 13.0 Å². The van der Waals surface area contributed by atoms with E-state index in [1.54, 1.807) is 24.4 Å². The number of rotatable bonds is 2. The molecule has 1 atom stereocenters. The summed E-state index contributed by atoms with van der Waals surface area (Å²) in [4.78, 5) is 20.5. The van der Waals surface area contributed by atoms with E-state index in [-0.39, 0.29) is 5.78 Å². The largest absolute Gasteiger partial charge is 0.324 e. The van der Waals surface area contributed by atoms with Crippen molar-refractivity contribution in [2.24, 2.45) is 5.92 Å². The van der Waals surface area contributed by atoms with Crippen LogP contribution in [0.15, 0.2) is 30.5 Å². The lowest BCUT2D eigenvalue weighted by atomic mass is 9.88. The van der Waals surface area contributed by atoms with E-state index >= 15 is 0 Å². The zero-order chi connectivity index (χ0) is 14.8. The molecule has 0 amide bonds. The maximum absolute atomic E-state index is 11.9. The van der Waals surface area contributed by atoms with Crippen LogP contribution in [0, 0.1) is 17.2 Å². The van der Waals surface area contributed by atoms with Crippen LogP contribution >= 0.6 is 0 Å². The van der Waals surface area contributed by atoms with Gasteiger partial charge in [-0.2, -0.15) is 5.26 Å². The van der Waals surface area contributed by atoms with Gasteiger partial charge >= 0.3 is 0 Å². The minimum absolute atomic E-state index is 0.113. The predicted molar refractivity (Wildman–Crippen MR) is 78.3 cm³/mol. The first kappa shape index (κ1) is 13.3. The maximum atomic E-state index is 11.9. The van der Waals surface area contributed by atoms with Crippen molar-refractivity contribution in [3.05, 3.63) is 47.3 Å². The summed E-state index contributed by atoms with van der Waals surface area (Å²) in [6.45, 7) is 2.05. The Morgan fingerprint density at radius 3 is 3.05 bits per heavy atom. The first-order chi connectivity index (χ1) is 10.2. The van der Waals surface area contributed by atoms with E-state index < -0.39 is 0 Å². The molecule has 1 aliphatic carbocycles. The van der Waals surface area contributed by atoms with Crippen molar-refractivity contribution in [3.8, 4) is 6.07 Å². The van der Waals surface area contributed by atoms with Gasteiger partial charge in [-0.3, -0.25) is 4.79 Å². The first-order valence-corrected chi connectivity index (χ1v) is 6.82. The van der Waals surface area contributed by atoms with Crippen LogP contribution < -0.4 is 5.32 Å². The Bertz CT molecular complexity index is 748. The molecule has 1 aromatic heterocycles. The van der Waals surface area contributed by atoms with Crippen LogP contribution in [0.3, 0.4) is 0 Å². The van der Waals surface area contributed by atoms with Gasteiger partial charge in [0.25, 0.3) is 0 Å². The second kappa shape index (κ2) is 5.33. The number of Topliss-reactive ketones (excluding diaryl/α,β-unsaturated/α-hetero) is 1. The molecule has 1 aliphatic rings. The smallest absolute Gasteiger partial charge is 0.227 e. The van der Waals surface area contributed by atoms with Gasteiger partial charge in [-0.15, -0.1) is 0 Å². The van der Waals surface area contributed by atoms with E-state index in [1.165, 1.54) is 0 Å². The Balaban J connectivity index is 1.89. The molecule has 0 aliphatic heterocycles. The summed E-state index contributed by atoms with van der Waals surface area (Å²) in [7, 11) is 0. The number of aromatic nitrogens is 2. The molecular formula is C16H14N4O. The van der Waals surface area contributed by atoms with Crippen LogP contribution in [-0.2, 0) is 6.42 Å². The van der Waals surface area contributed by atoms with E-state index in [4.69, 9.17) is 5.26 Å². The summed E-state index contributed by atoms with van der Waals surface area (Å²) in [5.41, 5.74) is 2.75. The number of fused-ring (bicyclic) bond motifs is 1. The Kier molecular flexibility index (Phi) is 3.36. The fourth-order valence-electron chi connectivity index (χ4n) is 2.49. The lowest BCUT2D eigenvalue weighted by Gasteiger charge is -2.19. The molecule has 0 radical (unpaired) electrons. The average molecular weight is 278 g/mol. The normalized spacial score (nSPS) is 17.0. The van der Waals surface area contributed by atoms with Crippen molar-refractivity contribution < 1.29 is 4.79 Å². The minimum Gasteiger partial charge on any atom is -0.324 e. The summed E-state index contributed by atoms with van der Waals surface area (Å²) >= 11 is 0. The molecule has 21 heavy (non-hydrogen) atoms. The number of benzene rings is 1. The molecule has 0 bridgehead atoms. The standard InChI is InChI=1S/C16H14N4O/c1-10-5-14-13(15(21)6-10)9-18-16(20-14)19-12-4-2-3-11(7-12)8-17/h2-4,7,9-10H,5-6H2,1H3,(H,18,19,20). The Labute approximate surface area is 122 Å². The van der Waals surface area contributed by atoms with E-state index in [0.29, 0.717) is 29.4 Å². The van der Waals surface area contributed by atoms with Gasteiger partial charge in [0, 0.05) is 18.3 Å². The van der Waals surface area contributed by atoms with Crippen molar-refractivity contribution in [3.63, 3.8) is 0 Å². The monoisotopic (exact) mass is 278 g/mol. The number of carbonyl (C=O) groups is 1. The number of hydrogen-bond donors (Lipinski definition) is 1. The average Bonchev–Trinajstić information content (AvgIpc) is 2.47. The second-order valence-corrected chi connectivity index (χ2v) is 5.31. The number of hydrogen-bond acceptors (Lipinski definition) is 5. The molecule has 5 heteroatoms. The van der Waals surface area contributed by atoms with Gasteiger partial charge in [0.2, 0.25) is 5.95 Å². The molecule has 104 valence electrons. The zero-order valence-corrected chi connectivity index (χ0v) is 11.6. The zero-order valence-electron chi connectivity index (χ0n) is 11.6. The molecule has 0 saturated carbocycles. The first-order valence-electron chi connectivity index (χ1n) is 6.82. The van der Waals surface area contributed by atoms with Gasteiger partial charge in [-0.1, -0.05) is 13.0 Å². The summed E-state index contributed by atoms with van der Waals surface area (Å²) in [5, 5.41) is 12.0. The van der Waals surface area contributed by atoms with E-state index in [2.05, 4.69) is 21.4 Å². The second-order valence-electron chi connectivity index (χ2n) is 5.31. The van der Waals surface area contributed by atoms with Gasteiger partial charge < -0.3 is 5.32 Å². The van der Waals surface area contributed by atoms with Crippen molar-refractivity contribution >= 4 is 17.4 Å². The highest BCUT2D eigenvalue weighted by Crippen LogP contribution is 2.24. The number of nitrogens with zero attached hydrogens (tertiary/aromatic N) is 3. The number of nitrogens with one attached hydrogen (secondary N) is 1. The maximum Gasteiger partial charge on any atom is 0.227 e. The van der Waals surface area contributed by atoms with Crippen molar-refractivity contribution in [1.82, 2.24) is 9.97 Å². The number of anilines is 2. The lowest BCUT2D eigenvalue weighted by molar-refractivity contribution is 0.0951. The van der Waals surface area contributed by atoms with Crippen LogP contribution in [0.4, 0.5) is 11.6 Å². The number of carbonyl (C=O) groups excluding carboxylic acids is 1. The Morgan fingerprint density at radius 1 is 1.38 bits per heavy atom. The molecule has 2 aromatic rings. The summed E-state index contributed by atoms with van der Waals surface area (Å²) < 4.78 is 0. The third kappa shape index (κ3) is 2.75. The number of ketones is 1. The summed E-state index contributed by atoms with van der Waals surface area (Å²) in [6, 6.07) is 9.20. The fourth-order valence-corrected chi connectivity index (χ4v) is 2.49. The van der Waals surface area contributed by atoms with Gasteiger partial charge in [0.15, 0.2) is 5.78 Å². The highest BCUT2D eigenvalue weighted by molar-refractivity contribution is 5.98. The molecule has 3 rings (SSSR count). The molecule has 1 heterocycles. The minimum atomic E-state index is 0.113. The molecule has 1 aromatic carbocycles. The van der Waals surface area contributed by atoms with Crippen LogP contribution in [0.25, 0.3) is 0 Å². The van der Waals surface area contributed by atoms with Crippen LogP contribution in [0.2, 0.25) is 0 Å². The van der Waals surface area contributed by atoms with Crippen LogP contribution in [-0.4, -0.2) is 15.8 Å². The number of nitriles is 1. The van der Waals surface area contributed by atoms with E-state index in [0.717, 1.165) is 17.8 Å². The molecule has 0 spiro atoms. The highest BCUT2D eigenvalue weighted by Gasteiger charge is 2.24. The lowest BCUT2D eigenvalue weighted by Crippen LogP contribution is -2.20. The van der Waals surface area contributed by atoms with Gasteiger partial charge in [0.05, 0.1) is 22.9 Å². The molecule has 0 saturated heterocycles. The Morgan fingerprint density at radius 2 is 2.24 bits per heavy atom. The summed E-state index contributed by atoms with van der Waals surface area (Å²) in [5.74, 6) is 0.877. The van der Waals surface area contributed by atoms with Gasteiger partial charge in [-0.25, -0.2) is 9.97 Å². The highest BCUT2D eigenvalue weighted by atomic mass is 16.1. The molecule has 5 nitrogen and oxygen atoms in total. The quantitative estimate of drug-likeness (QED) is 0.913. The summed E-state index contributed by atoms with van der Waals surface area (Å²) in [6.07, 6.45) is 2.94. The SMILES string of the molecule is CC1CC(=O)c2cnc(Nc3cccc(C#N)c3)nc2C1. The molecular weight excluding hydrogens is 264 g/mol. The Hall–Kier alpha value is -2.74.